The molecule has 3 heteroatoms. The van der Waals surface area contributed by atoms with Gasteiger partial charge in [-0.2, -0.15) is 0 Å². The van der Waals surface area contributed by atoms with Crippen LogP contribution in [-0.4, -0.2) is 11.6 Å². The first-order chi connectivity index (χ1) is 8.99. The summed E-state index contributed by atoms with van der Waals surface area (Å²) in [7, 11) is 0. The summed E-state index contributed by atoms with van der Waals surface area (Å²) in [6, 6.07) is 9.94. The number of rotatable bonds is 4. The lowest BCUT2D eigenvalue weighted by Crippen LogP contribution is -2.11. The molecule has 0 aliphatic heterocycles. The average molecular weight is 278 g/mol. The number of benzene rings is 1. The van der Waals surface area contributed by atoms with Crippen LogP contribution >= 0.6 is 11.6 Å². The summed E-state index contributed by atoms with van der Waals surface area (Å²) in [6.45, 7) is 7.35. The molecule has 1 aromatic carbocycles. The molecule has 19 heavy (non-hydrogen) atoms. The summed E-state index contributed by atoms with van der Waals surface area (Å²) >= 11 is 5.89. The van der Waals surface area contributed by atoms with E-state index in [1.165, 1.54) is 0 Å². The number of para-hydroxylation sites is 1. The van der Waals surface area contributed by atoms with Crippen molar-refractivity contribution < 1.29 is 4.74 Å². The van der Waals surface area contributed by atoms with Gasteiger partial charge in [-0.05, 0) is 24.0 Å². The van der Waals surface area contributed by atoms with Gasteiger partial charge in [0.2, 0.25) is 0 Å². The van der Waals surface area contributed by atoms with E-state index in [1.807, 2.05) is 30.3 Å². The lowest BCUT2D eigenvalue weighted by atomic mass is 9.93. The summed E-state index contributed by atoms with van der Waals surface area (Å²) in [6.07, 6.45) is 1.01. The van der Waals surface area contributed by atoms with Crippen LogP contribution in [0, 0.1) is 5.41 Å². The fourth-order valence-corrected chi connectivity index (χ4v) is 1.99. The number of hydrogen-bond donors (Lipinski definition) is 0. The Morgan fingerprint density at radius 2 is 1.95 bits per heavy atom. The number of halogens is 1. The summed E-state index contributed by atoms with van der Waals surface area (Å²) in [4.78, 5) is 4.50. The van der Waals surface area contributed by atoms with Gasteiger partial charge in [0, 0.05) is 11.5 Å². The molecule has 0 radical (unpaired) electrons. The van der Waals surface area contributed by atoms with Gasteiger partial charge in [-0.15, -0.1) is 11.6 Å². The number of nitrogens with zero attached hydrogens (tertiary/aromatic N) is 1. The van der Waals surface area contributed by atoms with E-state index in [2.05, 4.69) is 25.8 Å². The molecule has 0 atom stereocenters. The molecule has 0 spiro atoms. The van der Waals surface area contributed by atoms with Gasteiger partial charge in [0.15, 0.2) is 0 Å². The van der Waals surface area contributed by atoms with Gasteiger partial charge in [0.05, 0.1) is 23.7 Å². The van der Waals surface area contributed by atoms with Crippen LogP contribution in [0.1, 0.15) is 32.9 Å². The second kappa shape index (κ2) is 5.79. The zero-order valence-electron chi connectivity index (χ0n) is 11.7. The number of alkyl halides is 1. The fourth-order valence-electron chi connectivity index (χ4n) is 1.85. The number of fused-ring (bicyclic) bond motifs is 1. The predicted molar refractivity (Wildman–Crippen MR) is 80.9 cm³/mol. The Morgan fingerprint density at radius 3 is 2.63 bits per heavy atom. The van der Waals surface area contributed by atoms with Crippen molar-refractivity contribution in [1.82, 2.24) is 4.98 Å². The molecule has 1 heterocycles. The molecule has 0 saturated heterocycles. The van der Waals surface area contributed by atoms with Gasteiger partial charge in [-0.3, -0.25) is 4.98 Å². The van der Waals surface area contributed by atoms with E-state index in [9.17, 15) is 0 Å². The van der Waals surface area contributed by atoms with Gasteiger partial charge in [-0.1, -0.05) is 32.9 Å². The SMILES string of the molecule is CC(C)(C)CCOc1cc(CCl)nc2ccccc12. The summed E-state index contributed by atoms with van der Waals surface area (Å²) < 4.78 is 5.94. The van der Waals surface area contributed by atoms with E-state index in [4.69, 9.17) is 16.3 Å². The molecule has 0 bridgehead atoms. The molecule has 0 aliphatic carbocycles. The van der Waals surface area contributed by atoms with Gasteiger partial charge in [0.1, 0.15) is 5.75 Å². The van der Waals surface area contributed by atoms with Crippen LogP contribution < -0.4 is 4.74 Å². The van der Waals surface area contributed by atoms with Gasteiger partial charge >= 0.3 is 0 Å². The first-order valence-electron chi connectivity index (χ1n) is 6.57. The third-order valence-corrected chi connectivity index (χ3v) is 3.25. The molecule has 0 N–H and O–H groups in total. The fraction of sp³-hybridized carbons (Fsp3) is 0.438. The first kappa shape index (κ1) is 14.1. The molecule has 2 nitrogen and oxygen atoms in total. The van der Waals surface area contributed by atoms with Crippen molar-refractivity contribution in [3.8, 4) is 5.75 Å². The average Bonchev–Trinajstić information content (AvgIpc) is 2.37. The van der Waals surface area contributed by atoms with Crippen LogP contribution in [0.4, 0.5) is 0 Å². The van der Waals surface area contributed by atoms with Crippen molar-refractivity contribution in [3.63, 3.8) is 0 Å². The van der Waals surface area contributed by atoms with Crippen LogP contribution in [-0.2, 0) is 5.88 Å². The molecule has 0 amide bonds. The Kier molecular flexibility index (Phi) is 4.31. The largest absolute Gasteiger partial charge is 0.493 e. The first-order valence-corrected chi connectivity index (χ1v) is 7.10. The lowest BCUT2D eigenvalue weighted by Gasteiger charge is -2.18. The summed E-state index contributed by atoms with van der Waals surface area (Å²) in [5.41, 5.74) is 2.07. The molecule has 2 aromatic rings. The summed E-state index contributed by atoms with van der Waals surface area (Å²) in [5, 5.41) is 1.05. The zero-order chi connectivity index (χ0) is 13.9. The Balaban J connectivity index is 2.25. The van der Waals surface area contributed by atoms with Crippen LogP contribution in [0.3, 0.4) is 0 Å². The molecule has 1 aromatic heterocycles. The number of ether oxygens (including phenoxy) is 1. The maximum absolute atomic E-state index is 5.94. The highest BCUT2D eigenvalue weighted by Gasteiger charge is 2.11. The second-order valence-electron chi connectivity index (χ2n) is 5.92. The number of hydrogen-bond acceptors (Lipinski definition) is 2. The molecule has 0 fully saturated rings. The molecule has 0 saturated carbocycles. The normalized spacial score (nSPS) is 11.8. The van der Waals surface area contributed by atoms with E-state index < -0.39 is 0 Å². The maximum Gasteiger partial charge on any atom is 0.130 e. The van der Waals surface area contributed by atoms with E-state index in [0.717, 1.165) is 28.8 Å². The maximum atomic E-state index is 5.94. The zero-order valence-corrected chi connectivity index (χ0v) is 12.5. The highest BCUT2D eigenvalue weighted by Crippen LogP contribution is 2.27. The highest BCUT2D eigenvalue weighted by molar-refractivity contribution is 6.17. The smallest absolute Gasteiger partial charge is 0.130 e. The van der Waals surface area contributed by atoms with Crippen molar-refractivity contribution in [2.45, 2.75) is 33.1 Å². The van der Waals surface area contributed by atoms with Gasteiger partial charge < -0.3 is 4.74 Å². The molecular weight excluding hydrogens is 258 g/mol. The van der Waals surface area contributed by atoms with Crippen molar-refractivity contribution in [3.05, 3.63) is 36.0 Å². The van der Waals surface area contributed by atoms with E-state index in [1.54, 1.807) is 0 Å². The molecule has 0 unspecified atom stereocenters. The van der Waals surface area contributed by atoms with Crippen LogP contribution in [0.2, 0.25) is 0 Å². The quantitative estimate of drug-likeness (QED) is 0.750. The monoisotopic (exact) mass is 277 g/mol. The predicted octanol–water partition coefficient (Wildman–Crippen LogP) is 4.79. The lowest BCUT2D eigenvalue weighted by molar-refractivity contribution is 0.245. The molecule has 0 aliphatic rings. The molecule has 102 valence electrons. The van der Waals surface area contributed by atoms with Crippen molar-refractivity contribution >= 4 is 22.5 Å². The second-order valence-corrected chi connectivity index (χ2v) is 6.19. The Labute approximate surface area is 119 Å². The van der Waals surface area contributed by atoms with Crippen LogP contribution in [0.25, 0.3) is 10.9 Å². The molecular formula is C16H20ClNO. The third-order valence-electron chi connectivity index (χ3n) is 2.98. The minimum absolute atomic E-state index is 0.276. The highest BCUT2D eigenvalue weighted by atomic mass is 35.5. The van der Waals surface area contributed by atoms with Crippen LogP contribution in [0.15, 0.2) is 30.3 Å². The number of pyridine rings is 1. The minimum atomic E-state index is 0.276. The van der Waals surface area contributed by atoms with Gasteiger partial charge in [-0.25, -0.2) is 0 Å². The Bertz CT molecular complexity index is 560. The summed E-state index contributed by atoms with van der Waals surface area (Å²) in [5.74, 6) is 1.28. The third kappa shape index (κ3) is 3.84. The Hall–Kier alpha value is -1.28. The van der Waals surface area contributed by atoms with Crippen molar-refractivity contribution in [2.24, 2.45) is 5.41 Å². The van der Waals surface area contributed by atoms with E-state index in [0.29, 0.717) is 12.5 Å². The standard InChI is InChI=1S/C16H20ClNO/c1-16(2,3)8-9-19-15-10-12(11-17)18-14-7-5-4-6-13(14)15/h4-7,10H,8-9,11H2,1-3H3. The van der Waals surface area contributed by atoms with Crippen molar-refractivity contribution in [2.75, 3.05) is 6.61 Å². The van der Waals surface area contributed by atoms with Crippen molar-refractivity contribution in [1.29, 1.82) is 0 Å². The minimum Gasteiger partial charge on any atom is -0.493 e. The topological polar surface area (TPSA) is 22.1 Å². The molecule has 2 rings (SSSR count). The van der Waals surface area contributed by atoms with E-state index in [-0.39, 0.29) is 5.41 Å². The van der Waals surface area contributed by atoms with E-state index >= 15 is 0 Å². The van der Waals surface area contributed by atoms with Crippen LogP contribution in [0.5, 0.6) is 5.75 Å². The number of aromatic nitrogens is 1. The van der Waals surface area contributed by atoms with Gasteiger partial charge in [0.25, 0.3) is 0 Å². The Morgan fingerprint density at radius 1 is 1.21 bits per heavy atom.